The molecule has 1 aromatic rings. The Kier molecular flexibility index (Phi) is 6.03. The van der Waals surface area contributed by atoms with E-state index in [1.807, 2.05) is 18.2 Å². The Bertz CT molecular complexity index is 473. The second-order valence-electron chi connectivity index (χ2n) is 5.57. The fourth-order valence-electron chi connectivity index (χ4n) is 2.84. The number of carboxylic acid groups (broad SMARTS) is 1. The van der Waals surface area contributed by atoms with Gasteiger partial charge in [0.15, 0.2) is 0 Å². The summed E-state index contributed by atoms with van der Waals surface area (Å²) in [5.74, 6) is -0.707. The molecule has 0 aromatic heterocycles. The Morgan fingerprint density at radius 2 is 1.95 bits per heavy atom. The van der Waals surface area contributed by atoms with Gasteiger partial charge in [0.05, 0.1) is 0 Å². The summed E-state index contributed by atoms with van der Waals surface area (Å²) in [7, 11) is 0. The fourth-order valence-corrected chi connectivity index (χ4v) is 3.13. The van der Waals surface area contributed by atoms with Crippen molar-refractivity contribution in [2.75, 3.05) is 32.7 Å². The highest BCUT2D eigenvalue weighted by Gasteiger charge is 2.22. The summed E-state index contributed by atoms with van der Waals surface area (Å²) < 4.78 is 0. The summed E-state index contributed by atoms with van der Waals surface area (Å²) in [6, 6.07) is 8.33. The van der Waals surface area contributed by atoms with Gasteiger partial charge in [0.1, 0.15) is 0 Å². The third-order valence-electron chi connectivity index (χ3n) is 4.17. The molecule has 2 rings (SSSR count). The zero-order valence-electron chi connectivity index (χ0n) is 12.5. The number of hydrogen-bond donors (Lipinski definition) is 1. The SMILES string of the molecule is CC(c1ccccc1Cl)N1CCN(CCCC(=O)O)CC1. The third-order valence-corrected chi connectivity index (χ3v) is 4.52. The van der Waals surface area contributed by atoms with E-state index >= 15 is 0 Å². The van der Waals surface area contributed by atoms with E-state index in [-0.39, 0.29) is 6.42 Å². The number of rotatable bonds is 6. The maximum absolute atomic E-state index is 10.5. The highest BCUT2D eigenvalue weighted by atomic mass is 35.5. The molecular formula is C16H23ClN2O2. The van der Waals surface area contributed by atoms with Gasteiger partial charge in [-0.1, -0.05) is 29.8 Å². The number of aliphatic carboxylic acids is 1. The average molecular weight is 311 g/mol. The molecule has 0 aliphatic carbocycles. The fraction of sp³-hybridized carbons (Fsp3) is 0.562. The van der Waals surface area contributed by atoms with Crippen molar-refractivity contribution in [3.63, 3.8) is 0 Å². The van der Waals surface area contributed by atoms with E-state index in [4.69, 9.17) is 16.7 Å². The van der Waals surface area contributed by atoms with Gasteiger partial charge < -0.3 is 10.0 Å². The number of piperazine rings is 1. The Hall–Kier alpha value is -1.10. The van der Waals surface area contributed by atoms with E-state index < -0.39 is 5.97 Å². The number of halogens is 1. The van der Waals surface area contributed by atoms with Gasteiger partial charge in [-0.15, -0.1) is 0 Å². The molecule has 1 saturated heterocycles. The first-order valence-electron chi connectivity index (χ1n) is 7.50. The standard InChI is InChI=1S/C16H23ClN2O2/c1-13(14-5-2-3-6-15(14)17)19-11-9-18(10-12-19)8-4-7-16(20)21/h2-3,5-6,13H,4,7-12H2,1H3,(H,20,21). The highest BCUT2D eigenvalue weighted by molar-refractivity contribution is 6.31. The molecule has 0 bridgehead atoms. The molecule has 1 aromatic carbocycles. The van der Waals surface area contributed by atoms with Crippen molar-refractivity contribution in [2.45, 2.75) is 25.8 Å². The third kappa shape index (κ3) is 4.70. The summed E-state index contributed by atoms with van der Waals surface area (Å²) in [6.07, 6.45) is 0.992. The van der Waals surface area contributed by atoms with Crippen LogP contribution in [0.15, 0.2) is 24.3 Å². The lowest BCUT2D eigenvalue weighted by atomic mass is 10.1. The van der Waals surface area contributed by atoms with Crippen molar-refractivity contribution < 1.29 is 9.90 Å². The van der Waals surface area contributed by atoms with E-state index in [1.54, 1.807) is 0 Å². The molecule has 0 radical (unpaired) electrons. The summed E-state index contributed by atoms with van der Waals surface area (Å²) >= 11 is 6.27. The maximum atomic E-state index is 10.5. The normalized spacial score (nSPS) is 18.6. The van der Waals surface area contributed by atoms with Gasteiger partial charge in [0, 0.05) is 43.7 Å². The Labute approximate surface area is 131 Å². The van der Waals surface area contributed by atoms with Crippen molar-refractivity contribution in [2.24, 2.45) is 0 Å². The summed E-state index contributed by atoms with van der Waals surface area (Å²) in [4.78, 5) is 15.3. The molecule has 1 atom stereocenters. The van der Waals surface area contributed by atoms with Crippen molar-refractivity contribution in [3.05, 3.63) is 34.9 Å². The minimum Gasteiger partial charge on any atom is -0.481 e. The topological polar surface area (TPSA) is 43.8 Å². The molecule has 116 valence electrons. The van der Waals surface area contributed by atoms with Gasteiger partial charge >= 0.3 is 5.97 Å². The summed E-state index contributed by atoms with van der Waals surface area (Å²) in [6.45, 7) is 7.06. The Morgan fingerprint density at radius 3 is 2.57 bits per heavy atom. The zero-order chi connectivity index (χ0) is 15.2. The number of carboxylic acids is 1. The van der Waals surface area contributed by atoms with Crippen LogP contribution >= 0.6 is 11.6 Å². The van der Waals surface area contributed by atoms with Crippen LogP contribution in [0.1, 0.15) is 31.4 Å². The first-order chi connectivity index (χ1) is 10.1. The van der Waals surface area contributed by atoms with Crippen LogP contribution in [0.3, 0.4) is 0 Å². The molecule has 1 aliphatic heterocycles. The summed E-state index contributed by atoms with van der Waals surface area (Å²) in [5.41, 5.74) is 1.18. The molecule has 4 nitrogen and oxygen atoms in total. The monoisotopic (exact) mass is 310 g/mol. The van der Waals surface area contributed by atoms with Gasteiger partial charge in [-0.05, 0) is 31.5 Å². The predicted molar refractivity (Wildman–Crippen MR) is 84.7 cm³/mol. The van der Waals surface area contributed by atoms with Crippen LogP contribution in [-0.2, 0) is 4.79 Å². The average Bonchev–Trinajstić information content (AvgIpc) is 2.47. The molecule has 0 spiro atoms. The van der Waals surface area contributed by atoms with E-state index in [2.05, 4.69) is 22.8 Å². The number of benzene rings is 1. The van der Waals surface area contributed by atoms with Crippen molar-refractivity contribution in [1.82, 2.24) is 9.80 Å². The van der Waals surface area contributed by atoms with Crippen LogP contribution in [0.25, 0.3) is 0 Å². The van der Waals surface area contributed by atoms with Gasteiger partial charge in [-0.2, -0.15) is 0 Å². The minimum absolute atomic E-state index is 0.260. The van der Waals surface area contributed by atoms with E-state index in [9.17, 15) is 4.79 Å². The van der Waals surface area contributed by atoms with Gasteiger partial charge in [0.2, 0.25) is 0 Å². The number of carbonyl (C=O) groups is 1. The van der Waals surface area contributed by atoms with Crippen LogP contribution in [0, 0.1) is 0 Å². The smallest absolute Gasteiger partial charge is 0.303 e. The number of nitrogens with zero attached hydrogens (tertiary/aromatic N) is 2. The van der Waals surface area contributed by atoms with Crippen molar-refractivity contribution >= 4 is 17.6 Å². The predicted octanol–water partition coefficient (Wildman–Crippen LogP) is 2.88. The summed E-state index contributed by atoms with van der Waals surface area (Å²) in [5, 5.41) is 9.50. The van der Waals surface area contributed by atoms with Crippen LogP contribution < -0.4 is 0 Å². The Balaban J connectivity index is 1.81. The largest absolute Gasteiger partial charge is 0.481 e. The van der Waals surface area contributed by atoms with Crippen LogP contribution in [0.5, 0.6) is 0 Å². The minimum atomic E-state index is -0.707. The van der Waals surface area contributed by atoms with Crippen molar-refractivity contribution in [3.8, 4) is 0 Å². The molecule has 1 N–H and O–H groups in total. The Morgan fingerprint density at radius 1 is 1.29 bits per heavy atom. The van der Waals surface area contributed by atoms with Crippen LogP contribution in [0.4, 0.5) is 0 Å². The molecule has 1 unspecified atom stereocenters. The second-order valence-corrected chi connectivity index (χ2v) is 5.98. The highest BCUT2D eigenvalue weighted by Crippen LogP contribution is 2.27. The van der Waals surface area contributed by atoms with Gasteiger partial charge in [-0.3, -0.25) is 9.69 Å². The number of hydrogen-bond acceptors (Lipinski definition) is 3. The molecular weight excluding hydrogens is 288 g/mol. The molecule has 5 heteroatoms. The van der Waals surface area contributed by atoms with Gasteiger partial charge in [-0.25, -0.2) is 0 Å². The van der Waals surface area contributed by atoms with Crippen LogP contribution in [-0.4, -0.2) is 53.6 Å². The van der Waals surface area contributed by atoms with E-state index in [0.717, 1.165) is 44.2 Å². The van der Waals surface area contributed by atoms with E-state index in [1.165, 1.54) is 5.56 Å². The zero-order valence-corrected chi connectivity index (χ0v) is 13.2. The maximum Gasteiger partial charge on any atom is 0.303 e. The lowest BCUT2D eigenvalue weighted by Gasteiger charge is -2.38. The first kappa shape index (κ1) is 16.3. The van der Waals surface area contributed by atoms with Crippen molar-refractivity contribution in [1.29, 1.82) is 0 Å². The molecule has 1 aliphatic rings. The molecule has 0 saturated carbocycles. The molecule has 1 heterocycles. The molecule has 21 heavy (non-hydrogen) atoms. The lowest BCUT2D eigenvalue weighted by molar-refractivity contribution is -0.137. The van der Waals surface area contributed by atoms with Crippen LogP contribution in [0.2, 0.25) is 5.02 Å². The first-order valence-corrected chi connectivity index (χ1v) is 7.88. The molecule has 0 amide bonds. The molecule has 1 fully saturated rings. The van der Waals surface area contributed by atoms with Gasteiger partial charge in [0.25, 0.3) is 0 Å². The second kappa shape index (κ2) is 7.78. The lowest BCUT2D eigenvalue weighted by Crippen LogP contribution is -2.47. The van der Waals surface area contributed by atoms with E-state index in [0.29, 0.717) is 6.04 Å². The quantitative estimate of drug-likeness (QED) is 0.877.